The first-order chi connectivity index (χ1) is 15.5. The minimum absolute atomic E-state index is 0.0482. The molecule has 0 aromatic carbocycles. The fourth-order valence-electron chi connectivity index (χ4n) is 3.77. The number of pyridine rings is 1. The van der Waals surface area contributed by atoms with Crippen molar-refractivity contribution in [2.45, 2.75) is 46.5 Å². The Bertz CT molecular complexity index is 1290. The molecule has 0 aliphatic rings. The van der Waals surface area contributed by atoms with Gasteiger partial charge in [-0.1, -0.05) is 0 Å². The molecule has 1 amide bonds. The number of carbonyl (C=O) groups excluding carboxylic acids is 1. The average molecular weight is 477 g/mol. The van der Waals surface area contributed by atoms with Crippen LogP contribution in [0.1, 0.15) is 45.8 Å². The molecule has 0 unspecified atom stereocenters. The Hall–Kier alpha value is -3.14. The molecule has 0 saturated heterocycles. The van der Waals surface area contributed by atoms with Crippen LogP contribution in [0, 0.1) is 13.8 Å². The molecule has 6 nitrogen and oxygen atoms in total. The van der Waals surface area contributed by atoms with E-state index in [1.54, 1.807) is 34.2 Å². The summed E-state index contributed by atoms with van der Waals surface area (Å²) >= 11 is 1.59. The Balaban J connectivity index is 1.88. The molecule has 0 fully saturated rings. The minimum Gasteiger partial charge on any atom is -0.467 e. The molecule has 10 heteroatoms. The summed E-state index contributed by atoms with van der Waals surface area (Å²) < 4.78 is 47.0. The summed E-state index contributed by atoms with van der Waals surface area (Å²) in [5.41, 5.74) is 1.96. The molecule has 33 heavy (non-hydrogen) atoms. The van der Waals surface area contributed by atoms with Crippen LogP contribution in [0.15, 0.2) is 41.1 Å². The Kier molecular flexibility index (Phi) is 6.04. The van der Waals surface area contributed by atoms with Crippen LogP contribution in [0.3, 0.4) is 0 Å². The lowest BCUT2D eigenvalue weighted by atomic mass is 10.1. The zero-order valence-corrected chi connectivity index (χ0v) is 19.4. The summed E-state index contributed by atoms with van der Waals surface area (Å²) in [5.74, 6) is -0.495. The van der Waals surface area contributed by atoms with Gasteiger partial charge in [0.25, 0.3) is 5.91 Å². The summed E-state index contributed by atoms with van der Waals surface area (Å²) in [5, 5.41) is 4.77. The van der Waals surface area contributed by atoms with E-state index < -0.39 is 18.6 Å². The second-order valence-electron chi connectivity index (χ2n) is 8.16. The molecule has 4 aromatic heterocycles. The van der Waals surface area contributed by atoms with E-state index in [0.717, 1.165) is 20.2 Å². The van der Waals surface area contributed by atoms with Gasteiger partial charge in [-0.3, -0.25) is 4.79 Å². The normalized spacial score (nSPS) is 12.1. The highest BCUT2D eigenvalue weighted by Crippen LogP contribution is 2.33. The highest BCUT2D eigenvalue weighted by atomic mass is 32.1. The summed E-state index contributed by atoms with van der Waals surface area (Å²) in [4.78, 5) is 21.1. The second kappa shape index (κ2) is 8.66. The Morgan fingerprint density at radius 1 is 1.27 bits per heavy atom. The number of furan rings is 1. The molecule has 4 rings (SSSR count). The van der Waals surface area contributed by atoms with E-state index in [1.165, 1.54) is 12.5 Å². The van der Waals surface area contributed by atoms with Crippen molar-refractivity contribution in [1.82, 2.24) is 19.7 Å². The van der Waals surface area contributed by atoms with E-state index in [-0.39, 0.29) is 23.9 Å². The summed E-state index contributed by atoms with van der Waals surface area (Å²) in [6, 6.07) is 6.60. The third-order valence-corrected chi connectivity index (χ3v) is 6.15. The fourth-order valence-corrected chi connectivity index (χ4v) is 4.71. The van der Waals surface area contributed by atoms with Gasteiger partial charge in [-0.2, -0.15) is 18.3 Å². The molecular weight excluding hydrogens is 453 g/mol. The lowest BCUT2D eigenvalue weighted by Crippen LogP contribution is -2.38. The number of alkyl halides is 3. The number of rotatable bonds is 6. The van der Waals surface area contributed by atoms with Crippen molar-refractivity contribution in [3.63, 3.8) is 0 Å². The molecule has 0 saturated carbocycles. The van der Waals surface area contributed by atoms with Crippen LogP contribution in [0.4, 0.5) is 13.2 Å². The molecular formula is C23H23F3N4O2S. The molecule has 0 N–H and O–H groups in total. The standard InChI is InChI=1S/C23H23F3N4O2S/c1-13(2)30-21-19(10-27-30)18(9-20(28-21)17-8-14(3)33-15(17)4)22(31)29(12-23(24,25)26)11-16-6-5-7-32-16/h5-10,13H,11-12H2,1-4H3. The van der Waals surface area contributed by atoms with Crippen molar-refractivity contribution in [3.8, 4) is 11.3 Å². The predicted octanol–water partition coefficient (Wildman–Crippen LogP) is 6.16. The number of hydrogen-bond acceptors (Lipinski definition) is 5. The van der Waals surface area contributed by atoms with Crippen LogP contribution in [-0.2, 0) is 6.54 Å². The zero-order valence-electron chi connectivity index (χ0n) is 18.6. The average Bonchev–Trinajstić information content (AvgIpc) is 3.45. The zero-order chi connectivity index (χ0) is 23.9. The van der Waals surface area contributed by atoms with Crippen LogP contribution in [0.5, 0.6) is 0 Å². The van der Waals surface area contributed by atoms with Crippen LogP contribution < -0.4 is 0 Å². The van der Waals surface area contributed by atoms with Crippen molar-refractivity contribution >= 4 is 28.3 Å². The fraction of sp³-hybridized carbons (Fsp3) is 0.348. The number of aryl methyl sites for hydroxylation is 2. The maximum absolute atomic E-state index is 13.5. The molecule has 0 aliphatic carbocycles. The first kappa shape index (κ1) is 23.0. The van der Waals surface area contributed by atoms with E-state index >= 15 is 0 Å². The van der Waals surface area contributed by atoms with Crippen molar-refractivity contribution in [2.75, 3.05) is 6.54 Å². The third-order valence-electron chi connectivity index (χ3n) is 5.19. The molecule has 0 aliphatic heterocycles. The first-order valence-electron chi connectivity index (χ1n) is 10.4. The number of carbonyl (C=O) groups is 1. The molecule has 0 spiro atoms. The quantitative estimate of drug-likeness (QED) is 0.335. The van der Waals surface area contributed by atoms with E-state index in [2.05, 4.69) is 5.10 Å². The predicted molar refractivity (Wildman–Crippen MR) is 120 cm³/mol. The van der Waals surface area contributed by atoms with Crippen LogP contribution >= 0.6 is 11.3 Å². The molecule has 0 radical (unpaired) electrons. The molecule has 0 atom stereocenters. The monoisotopic (exact) mass is 476 g/mol. The largest absolute Gasteiger partial charge is 0.467 e. The van der Waals surface area contributed by atoms with Gasteiger partial charge < -0.3 is 9.32 Å². The number of thiophene rings is 1. The molecule has 174 valence electrons. The highest BCUT2D eigenvalue weighted by Gasteiger charge is 2.35. The number of aromatic nitrogens is 3. The van der Waals surface area contributed by atoms with Crippen molar-refractivity contribution < 1.29 is 22.4 Å². The summed E-state index contributed by atoms with van der Waals surface area (Å²) in [6.45, 7) is 6.07. The van der Waals surface area contributed by atoms with E-state index in [1.807, 2.05) is 33.8 Å². The number of nitrogens with zero attached hydrogens (tertiary/aromatic N) is 4. The SMILES string of the molecule is Cc1cc(-c2cc(C(=O)N(Cc3ccco3)CC(F)(F)F)c3cnn(C(C)C)c3n2)c(C)s1. The van der Waals surface area contributed by atoms with E-state index in [0.29, 0.717) is 16.7 Å². The molecule has 4 aromatic rings. The maximum Gasteiger partial charge on any atom is 0.406 e. The van der Waals surface area contributed by atoms with Gasteiger partial charge in [0.2, 0.25) is 0 Å². The number of hydrogen-bond donors (Lipinski definition) is 0. The Morgan fingerprint density at radius 3 is 2.61 bits per heavy atom. The van der Waals surface area contributed by atoms with Gasteiger partial charge >= 0.3 is 6.18 Å². The number of fused-ring (bicyclic) bond motifs is 1. The number of amides is 1. The lowest BCUT2D eigenvalue weighted by molar-refractivity contribution is -0.142. The van der Waals surface area contributed by atoms with Gasteiger partial charge in [0.15, 0.2) is 5.65 Å². The smallest absolute Gasteiger partial charge is 0.406 e. The molecule has 4 heterocycles. The summed E-state index contributed by atoms with van der Waals surface area (Å²) in [7, 11) is 0. The van der Waals surface area contributed by atoms with Crippen molar-refractivity contribution in [3.05, 3.63) is 57.8 Å². The maximum atomic E-state index is 13.5. The van der Waals surface area contributed by atoms with Gasteiger partial charge in [-0.15, -0.1) is 11.3 Å². The van der Waals surface area contributed by atoms with Crippen molar-refractivity contribution in [2.24, 2.45) is 0 Å². The Labute approximate surface area is 192 Å². The topological polar surface area (TPSA) is 64.2 Å². The van der Waals surface area contributed by atoms with Gasteiger partial charge in [0, 0.05) is 21.4 Å². The Morgan fingerprint density at radius 2 is 2.03 bits per heavy atom. The van der Waals surface area contributed by atoms with Gasteiger partial charge in [0.05, 0.1) is 35.6 Å². The molecule has 0 bridgehead atoms. The van der Waals surface area contributed by atoms with Crippen LogP contribution in [-0.4, -0.2) is 38.3 Å². The van der Waals surface area contributed by atoms with Gasteiger partial charge in [0.1, 0.15) is 12.3 Å². The van der Waals surface area contributed by atoms with E-state index in [9.17, 15) is 18.0 Å². The second-order valence-corrected chi connectivity index (χ2v) is 9.62. The van der Waals surface area contributed by atoms with Gasteiger partial charge in [-0.25, -0.2) is 9.67 Å². The minimum atomic E-state index is -4.57. The van der Waals surface area contributed by atoms with Crippen LogP contribution in [0.2, 0.25) is 0 Å². The third kappa shape index (κ3) is 4.80. The summed E-state index contributed by atoms with van der Waals surface area (Å²) in [6.07, 6.45) is -1.72. The number of halogens is 3. The lowest BCUT2D eigenvalue weighted by Gasteiger charge is -2.23. The van der Waals surface area contributed by atoms with Gasteiger partial charge in [-0.05, 0) is 52.0 Å². The van der Waals surface area contributed by atoms with E-state index in [4.69, 9.17) is 9.40 Å². The van der Waals surface area contributed by atoms with Crippen LogP contribution in [0.25, 0.3) is 22.3 Å². The van der Waals surface area contributed by atoms with Crippen molar-refractivity contribution in [1.29, 1.82) is 0 Å². The first-order valence-corrected chi connectivity index (χ1v) is 11.2. The highest BCUT2D eigenvalue weighted by molar-refractivity contribution is 7.12.